The minimum Gasteiger partial charge on any atom is -0.512 e. The Bertz CT molecular complexity index is 788. The monoisotopic (exact) mass is 306 g/mol. The van der Waals surface area contributed by atoms with Crippen LogP contribution < -0.4 is 4.74 Å². The number of aliphatic hydroxyl groups is 1. The van der Waals surface area contributed by atoms with E-state index in [1.54, 1.807) is 6.92 Å². The van der Waals surface area contributed by atoms with Gasteiger partial charge in [-0.3, -0.25) is 4.79 Å². The first-order valence-electron chi connectivity index (χ1n) is 7.90. The van der Waals surface area contributed by atoms with Gasteiger partial charge in [0.1, 0.15) is 5.75 Å². The van der Waals surface area contributed by atoms with Crippen LogP contribution in [0.1, 0.15) is 36.3 Å². The molecule has 1 N–H and O–H groups in total. The van der Waals surface area contributed by atoms with Gasteiger partial charge in [-0.05, 0) is 30.9 Å². The highest BCUT2D eigenvalue weighted by Crippen LogP contribution is 2.52. The van der Waals surface area contributed by atoms with Crippen LogP contribution in [0.25, 0.3) is 0 Å². The highest BCUT2D eigenvalue weighted by Gasteiger charge is 2.49. The lowest BCUT2D eigenvalue weighted by molar-refractivity contribution is -0.124. The second kappa shape index (κ2) is 5.27. The normalized spacial score (nSPS) is 27.9. The van der Waals surface area contributed by atoms with Crippen molar-refractivity contribution in [2.75, 3.05) is 0 Å². The Morgan fingerprint density at radius 3 is 2.52 bits per heavy atom. The van der Waals surface area contributed by atoms with Gasteiger partial charge >= 0.3 is 0 Å². The van der Waals surface area contributed by atoms with Crippen molar-refractivity contribution in [3.63, 3.8) is 0 Å². The minimum atomic E-state index is -0.538. The van der Waals surface area contributed by atoms with Crippen LogP contribution in [0, 0.1) is 0 Å². The van der Waals surface area contributed by atoms with Crippen LogP contribution in [0.2, 0.25) is 0 Å². The second-order valence-electron chi connectivity index (χ2n) is 6.25. The van der Waals surface area contributed by atoms with Crippen LogP contribution in [-0.4, -0.2) is 17.0 Å². The molecule has 0 aromatic heterocycles. The zero-order valence-electron chi connectivity index (χ0n) is 12.9. The summed E-state index contributed by atoms with van der Waals surface area (Å²) in [6.45, 7) is 1.58. The summed E-state index contributed by atoms with van der Waals surface area (Å²) in [5.41, 5.74) is 2.76. The average Bonchev–Trinajstić information content (AvgIpc) is 2.96. The van der Waals surface area contributed by atoms with Crippen LogP contribution in [0.4, 0.5) is 0 Å². The predicted octanol–water partition coefficient (Wildman–Crippen LogP) is 4.12. The quantitative estimate of drug-likeness (QED) is 0.637. The number of carbonyl (C=O) groups excluding carboxylic acids is 1. The second-order valence-corrected chi connectivity index (χ2v) is 6.25. The summed E-state index contributed by atoms with van der Waals surface area (Å²) < 4.78 is 5.96. The van der Waals surface area contributed by atoms with Crippen molar-refractivity contribution < 1.29 is 14.6 Å². The van der Waals surface area contributed by atoms with Gasteiger partial charge in [0, 0.05) is 17.1 Å². The van der Waals surface area contributed by atoms with Crippen LogP contribution >= 0.6 is 0 Å². The summed E-state index contributed by atoms with van der Waals surface area (Å²) in [4.78, 5) is 12.8. The SMILES string of the molecule is C/C(O)=C1\C[C@H](c2ccccc2)[C@H]2c3ccccc3O[C@H]2C1=O. The fourth-order valence-electron chi connectivity index (χ4n) is 3.85. The molecule has 3 atom stereocenters. The molecule has 0 radical (unpaired) electrons. The standard InChI is InChI=1S/C20H18O3/c1-12(21)15-11-16(13-7-3-2-4-8-13)18-14-9-5-6-10-17(14)23-20(18)19(15)22/h2-10,16,18,20-21H,11H2,1H3/b15-12-/t16-,18-,20-/m1/s1. The van der Waals surface area contributed by atoms with Crippen LogP contribution in [0.3, 0.4) is 0 Å². The maximum Gasteiger partial charge on any atom is 0.203 e. The van der Waals surface area contributed by atoms with Crippen molar-refractivity contribution >= 4 is 5.78 Å². The summed E-state index contributed by atoms with van der Waals surface area (Å²) in [6.07, 6.45) is 0.00721. The molecule has 0 saturated heterocycles. The summed E-state index contributed by atoms with van der Waals surface area (Å²) in [5, 5.41) is 9.95. The van der Waals surface area contributed by atoms with E-state index in [1.165, 1.54) is 5.56 Å². The molecular formula is C20H18O3. The number of rotatable bonds is 1. The number of allylic oxidation sites excluding steroid dienone is 1. The molecule has 2 aliphatic rings. The van der Waals surface area contributed by atoms with Crippen molar-refractivity contribution in [1.82, 2.24) is 0 Å². The molecule has 0 unspecified atom stereocenters. The lowest BCUT2D eigenvalue weighted by Gasteiger charge is -2.33. The average molecular weight is 306 g/mol. The zero-order chi connectivity index (χ0) is 16.0. The Morgan fingerprint density at radius 1 is 1.09 bits per heavy atom. The van der Waals surface area contributed by atoms with E-state index in [9.17, 15) is 9.90 Å². The van der Waals surface area contributed by atoms with Gasteiger partial charge in [0.2, 0.25) is 5.78 Å². The first-order valence-corrected chi connectivity index (χ1v) is 7.90. The Morgan fingerprint density at radius 2 is 1.78 bits per heavy atom. The predicted molar refractivity (Wildman–Crippen MR) is 87.7 cm³/mol. The smallest absolute Gasteiger partial charge is 0.203 e. The fourth-order valence-corrected chi connectivity index (χ4v) is 3.85. The Hall–Kier alpha value is -2.55. The molecule has 3 nitrogen and oxygen atoms in total. The molecule has 1 aliphatic carbocycles. The number of carbonyl (C=O) groups is 1. The van der Waals surface area contributed by atoms with Gasteiger partial charge in [-0.1, -0.05) is 48.5 Å². The van der Waals surface area contributed by atoms with Crippen molar-refractivity contribution in [3.05, 3.63) is 77.1 Å². The van der Waals surface area contributed by atoms with Crippen molar-refractivity contribution in [2.24, 2.45) is 0 Å². The number of ketones is 1. The molecule has 3 heteroatoms. The first kappa shape index (κ1) is 14.1. The maximum absolute atomic E-state index is 12.8. The summed E-state index contributed by atoms with van der Waals surface area (Å²) in [6, 6.07) is 18.1. The van der Waals surface area contributed by atoms with Gasteiger partial charge in [0.05, 0.1) is 5.76 Å². The molecule has 23 heavy (non-hydrogen) atoms. The van der Waals surface area contributed by atoms with E-state index in [1.807, 2.05) is 42.5 Å². The van der Waals surface area contributed by atoms with Crippen molar-refractivity contribution in [1.29, 1.82) is 0 Å². The lowest BCUT2D eigenvalue weighted by Crippen LogP contribution is -2.39. The number of ether oxygens (including phenoxy) is 1. The molecule has 4 rings (SSSR count). The molecule has 1 saturated carbocycles. The largest absolute Gasteiger partial charge is 0.512 e. The fraction of sp³-hybridized carbons (Fsp3) is 0.250. The van der Waals surface area contributed by atoms with Gasteiger partial charge in [-0.2, -0.15) is 0 Å². The molecule has 1 aliphatic heterocycles. The van der Waals surface area contributed by atoms with E-state index >= 15 is 0 Å². The minimum absolute atomic E-state index is 0.00389. The van der Waals surface area contributed by atoms with Crippen LogP contribution in [-0.2, 0) is 4.79 Å². The number of hydrogen-bond donors (Lipinski definition) is 1. The third-order valence-corrected chi connectivity index (χ3v) is 4.94. The van der Waals surface area contributed by atoms with Crippen LogP contribution in [0.15, 0.2) is 65.9 Å². The van der Waals surface area contributed by atoms with E-state index < -0.39 is 6.10 Å². The van der Waals surface area contributed by atoms with E-state index in [0.717, 1.165) is 11.3 Å². The summed E-state index contributed by atoms with van der Waals surface area (Å²) in [5.74, 6) is 0.935. The summed E-state index contributed by atoms with van der Waals surface area (Å²) in [7, 11) is 0. The first-order chi connectivity index (χ1) is 11.2. The summed E-state index contributed by atoms with van der Waals surface area (Å²) >= 11 is 0. The van der Waals surface area contributed by atoms with Crippen molar-refractivity contribution in [2.45, 2.75) is 31.3 Å². The third kappa shape index (κ3) is 2.15. The maximum atomic E-state index is 12.8. The zero-order valence-corrected chi connectivity index (χ0v) is 12.9. The van der Waals surface area contributed by atoms with Gasteiger partial charge in [0.25, 0.3) is 0 Å². The molecule has 2 aromatic rings. The number of hydrogen-bond acceptors (Lipinski definition) is 3. The molecule has 0 bridgehead atoms. The van der Waals surface area contributed by atoms with Gasteiger partial charge in [-0.25, -0.2) is 0 Å². The number of para-hydroxylation sites is 1. The van der Waals surface area contributed by atoms with Gasteiger partial charge in [-0.15, -0.1) is 0 Å². The molecule has 1 heterocycles. The highest BCUT2D eigenvalue weighted by atomic mass is 16.5. The third-order valence-electron chi connectivity index (χ3n) is 4.94. The Kier molecular flexibility index (Phi) is 3.22. The molecule has 2 aromatic carbocycles. The Labute approximate surface area is 135 Å². The van der Waals surface area contributed by atoms with Gasteiger partial charge in [0.15, 0.2) is 6.10 Å². The Balaban J connectivity index is 1.86. The van der Waals surface area contributed by atoms with Gasteiger partial charge < -0.3 is 9.84 Å². The number of fused-ring (bicyclic) bond motifs is 3. The molecule has 1 fully saturated rings. The molecular weight excluding hydrogens is 288 g/mol. The molecule has 0 spiro atoms. The van der Waals surface area contributed by atoms with E-state index in [4.69, 9.17) is 4.74 Å². The molecule has 116 valence electrons. The van der Waals surface area contributed by atoms with E-state index in [2.05, 4.69) is 12.1 Å². The lowest BCUT2D eigenvalue weighted by atomic mass is 9.69. The van der Waals surface area contributed by atoms with Crippen molar-refractivity contribution in [3.8, 4) is 5.75 Å². The highest BCUT2D eigenvalue weighted by molar-refractivity contribution is 6.02. The topological polar surface area (TPSA) is 46.5 Å². The molecule has 0 amide bonds. The van der Waals surface area contributed by atoms with E-state index in [-0.39, 0.29) is 23.4 Å². The number of aliphatic hydroxyl groups excluding tert-OH is 1. The number of benzene rings is 2. The number of Topliss-reactive ketones (excluding diaryl/α,β-unsaturated/α-hetero) is 1. The van der Waals surface area contributed by atoms with Crippen LogP contribution in [0.5, 0.6) is 5.75 Å². The van der Waals surface area contributed by atoms with E-state index in [0.29, 0.717) is 12.0 Å².